The van der Waals surface area contributed by atoms with E-state index in [1.807, 2.05) is 6.07 Å². The SMILES string of the molecule is Cc1c(C(=O)OC(C)C#N)oc2ccc(Cl)cc12. The van der Waals surface area contributed by atoms with E-state index < -0.39 is 12.1 Å². The molecule has 1 aromatic carbocycles. The minimum Gasteiger partial charge on any atom is -0.449 e. The molecule has 1 heterocycles. The van der Waals surface area contributed by atoms with E-state index in [9.17, 15) is 4.79 Å². The average molecular weight is 264 g/mol. The molecular weight excluding hydrogens is 254 g/mol. The summed E-state index contributed by atoms with van der Waals surface area (Å²) in [4.78, 5) is 11.8. The molecule has 0 aliphatic rings. The second-order valence-electron chi connectivity index (χ2n) is 3.87. The fourth-order valence-electron chi connectivity index (χ4n) is 1.63. The third-order valence-electron chi connectivity index (χ3n) is 2.55. The van der Waals surface area contributed by atoms with Crippen LogP contribution in [0, 0.1) is 18.3 Å². The molecule has 0 amide bonds. The molecule has 1 unspecified atom stereocenters. The Kier molecular flexibility index (Phi) is 3.26. The van der Waals surface area contributed by atoms with E-state index in [2.05, 4.69) is 0 Å². The number of furan rings is 1. The number of rotatable bonds is 2. The number of carbonyl (C=O) groups is 1. The Morgan fingerprint density at radius 3 is 2.94 bits per heavy atom. The zero-order chi connectivity index (χ0) is 13.3. The highest BCUT2D eigenvalue weighted by Crippen LogP contribution is 2.28. The van der Waals surface area contributed by atoms with Crippen LogP contribution in [0.3, 0.4) is 0 Å². The van der Waals surface area contributed by atoms with Crippen molar-refractivity contribution in [3.05, 3.63) is 34.5 Å². The molecule has 0 aliphatic carbocycles. The Labute approximate surface area is 109 Å². The van der Waals surface area contributed by atoms with Crippen LogP contribution in [0.4, 0.5) is 0 Å². The van der Waals surface area contributed by atoms with Crippen LogP contribution >= 0.6 is 11.6 Å². The van der Waals surface area contributed by atoms with E-state index >= 15 is 0 Å². The second-order valence-corrected chi connectivity index (χ2v) is 4.31. The molecule has 0 saturated carbocycles. The van der Waals surface area contributed by atoms with Crippen molar-refractivity contribution in [2.75, 3.05) is 0 Å². The van der Waals surface area contributed by atoms with Crippen molar-refractivity contribution in [3.63, 3.8) is 0 Å². The monoisotopic (exact) mass is 263 g/mol. The first-order chi connectivity index (χ1) is 8.52. The molecule has 92 valence electrons. The van der Waals surface area contributed by atoms with Crippen molar-refractivity contribution in [3.8, 4) is 6.07 Å². The molecule has 0 radical (unpaired) electrons. The number of ether oxygens (including phenoxy) is 1. The molecule has 4 nitrogen and oxygen atoms in total. The highest BCUT2D eigenvalue weighted by molar-refractivity contribution is 6.31. The minimum atomic E-state index is -0.811. The summed E-state index contributed by atoms with van der Waals surface area (Å²) in [6.45, 7) is 3.24. The standard InChI is InChI=1S/C13H10ClNO3/c1-7(6-15)17-13(16)12-8(2)10-5-9(14)3-4-11(10)18-12/h3-5,7H,1-2H3. The van der Waals surface area contributed by atoms with Crippen molar-refractivity contribution in [2.45, 2.75) is 20.0 Å². The van der Waals surface area contributed by atoms with Gasteiger partial charge in [-0.1, -0.05) is 11.6 Å². The molecule has 0 spiro atoms. The van der Waals surface area contributed by atoms with Crippen LogP contribution < -0.4 is 0 Å². The van der Waals surface area contributed by atoms with Gasteiger partial charge in [-0.2, -0.15) is 5.26 Å². The Balaban J connectivity index is 2.43. The van der Waals surface area contributed by atoms with E-state index in [4.69, 9.17) is 26.0 Å². The van der Waals surface area contributed by atoms with Gasteiger partial charge in [-0.3, -0.25) is 0 Å². The number of benzene rings is 1. The number of hydrogen-bond acceptors (Lipinski definition) is 4. The summed E-state index contributed by atoms with van der Waals surface area (Å²) >= 11 is 5.89. The van der Waals surface area contributed by atoms with Gasteiger partial charge < -0.3 is 9.15 Å². The Morgan fingerprint density at radius 2 is 2.28 bits per heavy atom. The summed E-state index contributed by atoms with van der Waals surface area (Å²) < 4.78 is 10.3. The molecule has 0 bridgehead atoms. The molecule has 5 heteroatoms. The van der Waals surface area contributed by atoms with Crippen molar-refractivity contribution in [2.24, 2.45) is 0 Å². The van der Waals surface area contributed by atoms with Gasteiger partial charge in [-0.05, 0) is 32.0 Å². The molecule has 1 atom stereocenters. The lowest BCUT2D eigenvalue weighted by Gasteiger charge is -2.03. The molecule has 0 aliphatic heterocycles. The van der Waals surface area contributed by atoms with E-state index in [-0.39, 0.29) is 5.76 Å². The van der Waals surface area contributed by atoms with E-state index in [1.165, 1.54) is 6.92 Å². The highest BCUT2D eigenvalue weighted by atomic mass is 35.5. The lowest BCUT2D eigenvalue weighted by Crippen LogP contribution is -2.13. The summed E-state index contributed by atoms with van der Waals surface area (Å²) in [7, 11) is 0. The quantitative estimate of drug-likeness (QED) is 0.779. The minimum absolute atomic E-state index is 0.106. The molecular formula is C13H10ClNO3. The molecule has 0 fully saturated rings. The highest BCUT2D eigenvalue weighted by Gasteiger charge is 2.20. The number of nitriles is 1. The molecule has 2 rings (SSSR count). The van der Waals surface area contributed by atoms with Crippen LogP contribution in [0.15, 0.2) is 22.6 Å². The number of esters is 1. The van der Waals surface area contributed by atoms with Gasteiger partial charge in [-0.15, -0.1) is 0 Å². The van der Waals surface area contributed by atoms with E-state index in [0.29, 0.717) is 16.2 Å². The summed E-state index contributed by atoms with van der Waals surface area (Å²) in [5, 5.41) is 9.93. The number of carbonyl (C=O) groups excluding carboxylic acids is 1. The van der Waals surface area contributed by atoms with Gasteiger partial charge in [-0.25, -0.2) is 4.79 Å². The van der Waals surface area contributed by atoms with E-state index in [1.54, 1.807) is 25.1 Å². The fraction of sp³-hybridized carbons (Fsp3) is 0.231. The summed E-state index contributed by atoms with van der Waals surface area (Å²) in [5.41, 5.74) is 1.22. The Bertz CT molecular complexity index is 654. The normalized spacial score (nSPS) is 12.1. The number of fused-ring (bicyclic) bond motifs is 1. The van der Waals surface area contributed by atoms with Gasteiger partial charge in [0.25, 0.3) is 0 Å². The van der Waals surface area contributed by atoms with Gasteiger partial charge in [0.2, 0.25) is 5.76 Å². The first kappa shape index (κ1) is 12.5. The average Bonchev–Trinajstić information content (AvgIpc) is 2.66. The predicted octanol–water partition coefficient (Wildman–Crippen LogP) is 3.46. The lowest BCUT2D eigenvalue weighted by atomic mass is 10.1. The predicted molar refractivity (Wildman–Crippen MR) is 66.5 cm³/mol. The summed E-state index contributed by atoms with van der Waals surface area (Å²) in [6, 6.07) is 6.91. The molecule has 1 aromatic heterocycles. The van der Waals surface area contributed by atoms with Gasteiger partial charge in [0.15, 0.2) is 6.10 Å². The van der Waals surface area contributed by atoms with Crippen LogP contribution in [0.2, 0.25) is 5.02 Å². The van der Waals surface area contributed by atoms with Gasteiger partial charge in [0.05, 0.1) is 0 Å². The molecule has 0 saturated heterocycles. The Morgan fingerprint density at radius 1 is 1.56 bits per heavy atom. The maximum Gasteiger partial charge on any atom is 0.375 e. The zero-order valence-electron chi connectivity index (χ0n) is 9.86. The molecule has 18 heavy (non-hydrogen) atoms. The Hall–Kier alpha value is -1.99. The number of aryl methyl sites for hydroxylation is 1. The lowest BCUT2D eigenvalue weighted by molar-refractivity contribution is 0.0400. The van der Waals surface area contributed by atoms with Gasteiger partial charge >= 0.3 is 5.97 Å². The van der Waals surface area contributed by atoms with Crippen molar-refractivity contribution < 1.29 is 13.9 Å². The number of nitrogens with zero attached hydrogens (tertiary/aromatic N) is 1. The van der Waals surface area contributed by atoms with Crippen molar-refractivity contribution in [1.82, 2.24) is 0 Å². The first-order valence-corrected chi connectivity index (χ1v) is 5.70. The summed E-state index contributed by atoms with van der Waals surface area (Å²) in [6.07, 6.45) is -0.811. The topological polar surface area (TPSA) is 63.2 Å². The van der Waals surface area contributed by atoms with Crippen LogP contribution in [-0.4, -0.2) is 12.1 Å². The first-order valence-electron chi connectivity index (χ1n) is 5.32. The number of hydrogen-bond donors (Lipinski definition) is 0. The van der Waals surface area contributed by atoms with Crippen LogP contribution in [0.5, 0.6) is 0 Å². The number of halogens is 1. The van der Waals surface area contributed by atoms with Crippen LogP contribution in [0.25, 0.3) is 11.0 Å². The zero-order valence-corrected chi connectivity index (χ0v) is 10.6. The van der Waals surface area contributed by atoms with E-state index in [0.717, 1.165) is 5.39 Å². The van der Waals surface area contributed by atoms with Crippen LogP contribution in [-0.2, 0) is 4.74 Å². The van der Waals surface area contributed by atoms with Crippen LogP contribution in [0.1, 0.15) is 23.0 Å². The third kappa shape index (κ3) is 2.18. The summed E-state index contributed by atoms with van der Waals surface area (Å²) in [5.74, 6) is -0.539. The largest absolute Gasteiger partial charge is 0.449 e. The van der Waals surface area contributed by atoms with Gasteiger partial charge in [0, 0.05) is 16.0 Å². The molecule has 2 aromatic rings. The fourth-order valence-corrected chi connectivity index (χ4v) is 1.80. The van der Waals surface area contributed by atoms with Gasteiger partial charge in [0.1, 0.15) is 11.7 Å². The van der Waals surface area contributed by atoms with Crippen molar-refractivity contribution >= 4 is 28.5 Å². The molecule has 0 N–H and O–H groups in total. The maximum atomic E-state index is 11.8. The maximum absolute atomic E-state index is 11.8. The second kappa shape index (κ2) is 4.71. The third-order valence-corrected chi connectivity index (χ3v) is 2.78. The van der Waals surface area contributed by atoms with Crippen molar-refractivity contribution in [1.29, 1.82) is 5.26 Å². The smallest absolute Gasteiger partial charge is 0.375 e.